The van der Waals surface area contributed by atoms with E-state index in [9.17, 15) is 0 Å². The zero-order valence-electron chi connectivity index (χ0n) is 15.8. The summed E-state index contributed by atoms with van der Waals surface area (Å²) >= 11 is 0. The fourth-order valence-corrected chi connectivity index (χ4v) is 2.69. The van der Waals surface area contributed by atoms with E-state index in [4.69, 9.17) is 9.52 Å². The van der Waals surface area contributed by atoms with Crippen LogP contribution in [0.1, 0.15) is 40.6 Å². The fraction of sp³-hybridized carbons (Fsp3) is 0.474. The van der Waals surface area contributed by atoms with Gasteiger partial charge >= 0.3 is 0 Å². The SMILES string of the molecule is CCNC(=NCc1ccc(C)cc1C)NCCc1c(C)noc1C.I. The molecule has 0 radical (unpaired) electrons. The molecule has 1 aromatic heterocycles. The quantitative estimate of drug-likeness (QED) is 0.394. The number of benzene rings is 1. The summed E-state index contributed by atoms with van der Waals surface area (Å²) in [4.78, 5) is 4.69. The van der Waals surface area contributed by atoms with Gasteiger partial charge in [-0.05, 0) is 52.2 Å². The number of hydrogen-bond donors (Lipinski definition) is 2. The van der Waals surface area contributed by atoms with Crippen molar-refractivity contribution < 1.29 is 4.52 Å². The number of nitrogens with zero attached hydrogens (tertiary/aromatic N) is 2. The molecule has 2 rings (SSSR count). The van der Waals surface area contributed by atoms with Gasteiger partial charge in [-0.1, -0.05) is 28.9 Å². The van der Waals surface area contributed by atoms with Gasteiger partial charge in [0.2, 0.25) is 0 Å². The van der Waals surface area contributed by atoms with Crippen LogP contribution in [0.5, 0.6) is 0 Å². The second-order valence-corrected chi connectivity index (χ2v) is 6.10. The third-order valence-electron chi connectivity index (χ3n) is 4.10. The minimum atomic E-state index is 0. The average Bonchev–Trinajstić information content (AvgIpc) is 2.85. The Labute approximate surface area is 167 Å². The van der Waals surface area contributed by atoms with Gasteiger partial charge < -0.3 is 15.2 Å². The lowest BCUT2D eigenvalue weighted by atomic mass is 10.1. The molecule has 6 heteroatoms. The van der Waals surface area contributed by atoms with Crippen LogP contribution in [-0.4, -0.2) is 24.2 Å². The van der Waals surface area contributed by atoms with Crippen LogP contribution in [-0.2, 0) is 13.0 Å². The summed E-state index contributed by atoms with van der Waals surface area (Å²) < 4.78 is 5.20. The zero-order chi connectivity index (χ0) is 17.5. The number of aromatic nitrogens is 1. The van der Waals surface area contributed by atoms with Crippen LogP contribution in [0.4, 0.5) is 0 Å². The summed E-state index contributed by atoms with van der Waals surface area (Å²) in [6, 6.07) is 6.49. The summed E-state index contributed by atoms with van der Waals surface area (Å²) in [5.74, 6) is 1.73. The fourth-order valence-electron chi connectivity index (χ4n) is 2.69. The molecule has 2 aromatic rings. The van der Waals surface area contributed by atoms with E-state index in [2.05, 4.69) is 54.8 Å². The maximum Gasteiger partial charge on any atom is 0.191 e. The molecule has 1 aromatic carbocycles. The van der Waals surface area contributed by atoms with Gasteiger partial charge in [-0.15, -0.1) is 24.0 Å². The molecule has 138 valence electrons. The Balaban J connectivity index is 0.00000312. The monoisotopic (exact) mass is 456 g/mol. The highest BCUT2D eigenvalue weighted by Crippen LogP contribution is 2.13. The maximum absolute atomic E-state index is 5.20. The first-order valence-electron chi connectivity index (χ1n) is 8.51. The van der Waals surface area contributed by atoms with Crippen molar-refractivity contribution in [2.24, 2.45) is 4.99 Å². The molecular weight excluding hydrogens is 427 g/mol. The average molecular weight is 456 g/mol. The van der Waals surface area contributed by atoms with Crippen molar-refractivity contribution >= 4 is 29.9 Å². The largest absolute Gasteiger partial charge is 0.361 e. The van der Waals surface area contributed by atoms with Gasteiger partial charge in [0.25, 0.3) is 0 Å². The van der Waals surface area contributed by atoms with Gasteiger partial charge in [0.05, 0.1) is 12.2 Å². The smallest absolute Gasteiger partial charge is 0.191 e. The molecule has 5 nitrogen and oxygen atoms in total. The predicted molar refractivity (Wildman–Crippen MR) is 114 cm³/mol. The van der Waals surface area contributed by atoms with E-state index in [1.54, 1.807) is 0 Å². The van der Waals surface area contributed by atoms with Gasteiger partial charge in [-0.2, -0.15) is 0 Å². The van der Waals surface area contributed by atoms with Crippen molar-refractivity contribution in [1.29, 1.82) is 0 Å². The first kappa shape index (κ1) is 21.5. The Kier molecular flexibility index (Phi) is 8.96. The molecule has 0 amide bonds. The summed E-state index contributed by atoms with van der Waals surface area (Å²) in [7, 11) is 0. The van der Waals surface area contributed by atoms with Crippen molar-refractivity contribution in [3.8, 4) is 0 Å². The number of aryl methyl sites for hydroxylation is 4. The van der Waals surface area contributed by atoms with Gasteiger partial charge in [0, 0.05) is 18.7 Å². The lowest BCUT2D eigenvalue weighted by molar-refractivity contribution is 0.392. The third-order valence-corrected chi connectivity index (χ3v) is 4.10. The summed E-state index contributed by atoms with van der Waals surface area (Å²) in [6.45, 7) is 12.6. The molecule has 0 saturated carbocycles. The minimum Gasteiger partial charge on any atom is -0.361 e. The molecule has 0 atom stereocenters. The normalized spacial score (nSPS) is 11.2. The highest BCUT2D eigenvalue weighted by atomic mass is 127. The molecule has 0 fully saturated rings. The van der Waals surface area contributed by atoms with Gasteiger partial charge in [-0.25, -0.2) is 4.99 Å². The Hall–Kier alpha value is -1.57. The van der Waals surface area contributed by atoms with Crippen LogP contribution in [0.25, 0.3) is 0 Å². The van der Waals surface area contributed by atoms with E-state index in [1.807, 2.05) is 13.8 Å². The third kappa shape index (κ3) is 6.34. The molecule has 1 heterocycles. The molecule has 0 spiro atoms. The summed E-state index contributed by atoms with van der Waals surface area (Å²) in [5, 5.41) is 10.7. The van der Waals surface area contributed by atoms with E-state index in [1.165, 1.54) is 22.3 Å². The van der Waals surface area contributed by atoms with Crippen LogP contribution in [0.3, 0.4) is 0 Å². The topological polar surface area (TPSA) is 62.5 Å². The molecule has 0 aliphatic heterocycles. The van der Waals surface area contributed by atoms with E-state index >= 15 is 0 Å². The van der Waals surface area contributed by atoms with Gasteiger partial charge in [-0.3, -0.25) is 0 Å². The second kappa shape index (κ2) is 10.4. The number of nitrogens with one attached hydrogen (secondary N) is 2. The molecule has 2 N–H and O–H groups in total. The molecule has 0 unspecified atom stereocenters. The number of hydrogen-bond acceptors (Lipinski definition) is 3. The molecule has 0 aliphatic rings. The Morgan fingerprint density at radius 1 is 1.16 bits per heavy atom. The van der Waals surface area contributed by atoms with Gasteiger partial charge in [0.1, 0.15) is 5.76 Å². The highest BCUT2D eigenvalue weighted by molar-refractivity contribution is 14.0. The molecule has 25 heavy (non-hydrogen) atoms. The Morgan fingerprint density at radius 2 is 1.92 bits per heavy atom. The van der Waals surface area contributed by atoms with Crippen LogP contribution in [0, 0.1) is 27.7 Å². The number of halogens is 1. The first-order valence-corrected chi connectivity index (χ1v) is 8.51. The second-order valence-electron chi connectivity index (χ2n) is 6.10. The van der Waals surface area contributed by atoms with Crippen molar-refractivity contribution in [1.82, 2.24) is 15.8 Å². The highest BCUT2D eigenvalue weighted by Gasteiger charge is 2.08. The van der Waals surface area contributed by atoms with E-state index < -0.39 is 0 Å². The van der Waals surface area contributed by atoms with Crippen LogP contribution in [0.15, 0.2) is 27.7 Å². The minimum absolute atomic E-state index is 0. The molecule has 0 saturated heterocycles. The lowest BCUT2D eigenvalue weighted by Gasteiger charge is -2.12. The van der Waals surface area contributed by atoms with Crippen LogP contribution < -0.4 is 10.6 Å². The van der Waals surface area contributed by atoms with Crippen LogP contribution in [0.2, 0.25) is 0 Å². The summed E-state index contributed by atoms with van der Waals surface area (Å²) in [6.07, 6.45) is 0.870. The number of aliphatic imine (C=N–C) groups is 1. The number of rotatable bonds is 6. The number of guanidine groups is 1. The van der Waals surface area contributed by atoms with Gasteiger partial charge in [0.15, 0.2) is 5.96 Å². The molecule has 0 bridgehead atoms. The van der Waals surface area contributed by atoms with Crippen molar-refractivity contribution in [2.75, 3.05) is 13.1 Å². The predicted octanol–water partition coefficient (Wildman–Crippen LogP) is 3.82. The lowest BCUT2D eigenvalue weighted by Crippen LogP contribution is -2.38. The first-order chi connectivity index (χ1) is 11.5. The van der Waals surface area contributed by atoms with Crippen molar-refractivity contribution in [2.45, 2.75) is 47.6 Å². The Morgan fingerprint density at radius 3 is 2.52 bits per heavy atom. The van der Waals surface area contributed by atoms with Crippen molar-refractivity contribution in [3.63, 3.8) is 0 Å². The molecule has 0 aliphatic carbocycles. The van der Waals surface area contributed by atoms with E-state index in [0.717, 1.165) is 36.9 Å². The maximum atomic E-state index is 5.20. The zero-order valence-corrected chi connectivity index (χ0v) is 18.1. The van der Waals surface area contributed by atoms with E-state index in [-0.39, 0.29) is 24.0 Å². The van der Waals surface area contributed by atoms with Crippen molar-refractivity contribution in [3.05, 3.63) is 51.9 Å². The summed E-state index contributed by atoms with van der Waals surface area (Å²) in [5.41, 5.74) is 5.96. The molecular formula is C19H29IN4O. The van der Waals surface area contributed by atoms with Crippen LogP contribution >= 0.6 is 24.0 Å². The standard InChI is InChI=1S/C19H28N4O.HI/c1-6-20-19(21-10-9-18-15(4)23-24-16(18)5)22-12-17-8-7-13(2)11-14(17)3;/h7-8,11H,6,9-10,12H2,1-5H3,(H2,20,21,22);1H. The van der Waals surface area contributed by atoms with E-state index in [0.29, 0.717) is 6.54 Å². The Bertz CT molecular complexity index is 690.